The Morgan fingerprint density at radius 2 is 2.04 bits per heavy atom. The van der Waals surface area contributed by atoms with Crippen molar-refractivity contribution < 1.29 is 9.53 Å². The van der Waals surface area contributed by atoms with Gasteiger partial charge in [0.15, 0.2) is 0 Å². The summed E-state index contributed by atoms with van der Waals surface area (Å²) in [6.45, 7) is 8.68. The summed E-state index contributed by atoms with van der Waals surface area (Å²) in [7, 11) is 0. The third kappa shape index (κ3) is 6.92. The quantitative estimate of drug-likeness (QED) is 0.836. The average molecular weight is 383 g/mol. The van der Waals surface area contributed by atoms with E-state index in [1.807, 2.05) is 20.8 Å². The summed E-state index contributed by atoms with van der Waals surface area (Å²) in [4.78, 5) is 14.2. The van der Waals surface area contributed by atoms with Gasteiger partial charge in [0.2, 0.25) is 0 Å². The van der Waals surface area contributed by atoms with Gasteiger partial charge in [0.25, 0.3) is 0 Å². The van der Waals surface area contributed by atoms with Crippen LogP contribution in [0.2, 0.25) is 0 Å². The first-order valence-electron chi connectivity index (χ1n) is 8.28. The van der Waals surface area contributed by atoms with Crippen molar-refractivity contribution in [3.63, 3.8) is 0 Å². The predicted octanol–water partition coefficient (Wildman–Crippen LogP) is 3.98. The van der Waals surface area contributed by atoms with Crippen molar-refractivity contribution in [2.24, 2.45) is 0 Å². The molecule has 1 amide bonds. The minimum absolute atomic E-state index is 0.206. The van der Waals surface area contributed by atoms with Crippen LogP contribution in [0.1, 0.15) is 39.2 Å². The van der Waals surface area contributed by atoms with Crippen LogP contribution in [-0.4, -0.2) is 42.3 Å². The molecule has 0 aliphatic carbocycles. The van der Waals surface area contributed by atoms with E-state index in [4.69, 9.17) is 4.74 Å². The van der Waals surface area contributed by atoms with Gasteiger partial charge in [-0.15, -0.1) is 0 Å². The van der Waals surface area contributed by atoms with E-state index in [9.17, 15) is 4.79 Å². The van der Waals surface area contributed by atoms with E-state index in [1.165, 1.54) is 5.56 Å². The molecule has 23 heavy (non-hydrogen) atoms. The molecule has 5 heteroatoms. The fourth-order valence-corrected chi connectivity index (χ4v) is 3.05. The zero-order chi connectivity index (χ0) is 16.9. The first kappa shape index (κ1) is 18.3. The van der Waals surface area contributed by atoms with E-state index in [0.717, 1.165) is 43.4 Å². The molecule has 4 nitrogen and oxygen atoms in total. The number of benzene rings is 1. The lowest BCUT2D eigenvalue weighted by Gasteiger charge is -2.22. The van der Waals surface area contributed by atoms with Crippen LogP contribution in [0.4, 0.5) is 4.79 Å². The summed E-state index contributed by atoms with van der Waals surface area (Å²) < 4.78 is 6.43. The number of amides is 1. The second-order valence-electron chi connectivity index (χ2n) is 7.16. The number of aryl methyl sites for hydroxylation is 1. The van der Waals surface area contributed by atoms with Crippen molar-refractivity contribution in [1.29, 1.82) is 0 Å². The Labute approximate surface area is 147 Å². The number of nitrogens with zero attached hydrogens (tertiary/aromatic N) is 1. The number of ether oxygens (including phenoxy) is 1. The number of halogens is 1. The maximum atomic E-state index is 11.8. The van der Waals surface area contributed by atoms with Gasteiger partial charge in [0.1, 0.15) is 5.60 Å². The summed E-state index contributed by atoms with van der Waals surface area (Å²) in [6.07, 6.45) is 2.92. The smallest absolute Gasteiger partial charge is 0.407 e. The maximum absolute atomic E-state index is 11.8. The SMILES string of the molecule is CC(C)(C)OC(=O)NC1CCN(CCCc2ccc(Br)cc2)C1. The lowest BCUT2D eigenvalue weighted by Crippen LogP contribution is -2.40. The molecule has 1 aliphatic heterocycles. The second kappa shape index (κ2) is 8.15. The zero-order valence-electron chi connectivity index (χ0n) is 14.3. The van der Waals surface area contributed by atoms with E-state index in [1.54, 1.807) is 0 Å². The Morgan fingerprint density at radius 3 is 2.70 bits per heavy atom. The normalized spacial score (nSPS) is 18.9. The molecular weight excluding hydrogens is 356 g/mol. The third-order valence-corrected chi connectivity index (χ3v) is 4.37. The van der Waals surface area contributed by atoms with Gasteiger partial charge in [-0.05, 0) is 64.3 Å². The summed E-state index contributed by atoms with van der Waals surface area (Å²) >= 11 is 3.46. The van der Waals surface area contributed by atoms with Gasteiger partial charge in [-0.25, -0.2) is 4.79 Å². The van der Waals surface area contributed by atoms with Crippen LogP contribution in [-0.2, 0) is 11.2 Å². The van der Waals surface area contributed by atoms with Gasteiger partial charge in [-0.3, -0.25) is 0 Å². The number of hydrogen-bond acceptors (Lipinski definition) is 3. The van der Waals surface area contributed by atoms with Crippen molar-refractivity contribution in [2.75, 3.05) is 19.6 Å². The minimum Gasteiger partial charge on any atom is -0.444 e. The summed E-state index contributed by atoms with van der Waals surface area (Å²) in [5.74, 6) is 0. The van der Waals surface area contributed by atoms with Crippen molar-refractivity contribution in [2.45, 2.75) is 51.7 Å². The molecule has 1 aromatic rings. The Hall–Kier alpha value is -1.07. The second-order valence-corrected chi connectivity index (χ2v) is 8.08. The van der Waals surface area contributed by atoms with E-state index < -0.39 is 5.60 Å². The lowest BCUT2D eigenvalue weighted by molar-refractivity contribution is 0.0506. The highest BCUT2D eigenvalue weighted by atomic mass is 79.9. The Bertz CT molecular complexity index is 511. The van der Waals surface area contributed by atoms with Crippen LogP contribution in [0.3, 0.4) is 0 Å². The van der Waals surface area contributed by atoms with Crippen LogP contribution in [0.25, 0.3) is 0 Å². The van der Waals surface area contributed by atoms with Crippen molar-refractivity contribution in [1.82, 2.24) is 10.2 Å². The molecule has 1 heterocycles. The highest BCUT2D eigenvalue weighted by Crippen LogP contribution is 2.14. The van der Waals surface area contributed by atoms with Crippen LogP contribution < -0.4 is 5.32 Å². The molecule has 128 valence electrons. The number of alkyl carbamates (subject to hydrolysis) is 1. The van der Waals surface area contributed by atoms with Gasteiger partial charge in [-0.1, -0.05) is 28.1 Å². The number of nitrogens with one attached hydrogen (secondary N) is 1. The standard InChI is InChI=1S/C18H27BrN2O2/c1-18(2,3)23-17(22)20-16-10-12-21(13-16)11-4-5-14-6-8-15(19)9-7-14/h6-9,16H,4-5,10-13H2,1-3H3,(H,20,22). The molecule has 1 atom stereocenters. The number of carbonyl (C=O) groups is 1. The molecule has 0 radical (unpaired) electrons. The maximum Gasteiger partial charge on any atom is 0.407 e. The molecule has 0 aromatic heterocycles. The first-order chi connectivity index (χ1) is 10.8. The summed E-state index contributed by atoms with van der Waals surface area (Å²) in [6, 6.07) is 8.72. The van der Waals surface area contributed by atoms with Crippen molar-refractivity contribution in [3.8, 4) is 0 Å². The third-order valence-electron chi connectivity index (χ3n) is 3.85. The van der Waals surface area contributed by atoms with Crippen LogP contribution in [0, 0.1) is 0 Å². The van der Waals surface area contributed by atoms with Crippen LogP contribution in [0.5, 0.6) is 0 Å². The largest absolute Gasteiger partial charge is 0.444 e. The molecule has 1 aromatic carbocycles. The predicted molar refractivity (Wildman–Crippen MR) is 96.7 cm³/mol. The van der Waals surface area contributed by atoms with Crippen molar-refractivity contribution in [3.05, 3.63) is 34.3 Å². The topological polar surface area (TPSA) is 41.6 Å². The molecule has 1 unspecified atom stereocenters. The van der Waals surface area contributed by atoms with Crippen molar-refractivity contribution >= 4 is 22.0 Å². The molecular formula is C18H27BrN2O2. The number of rotatable bonds is 5. The number of hydrogen-bond donors (Lipinski definition) is 1. The van der Waals surface area contributed by atoms with Gasteiger partial charge < -0.3 is 15.0 Å². The molecule has 1 aliphatic rings. The van der Waals surface area contributed by atoms with Gasteiger partial charge in [0.05, 0.1) is 0 Å². The summed E-state index contributed by atoms with van der Waals surface area (Å²) in [5, 5.41) is 2.97. The monoisotopic (exact) mass is 382 g/mol. The molecule has 1 fully saturated rings. The van der Waals surface area contributed by atoms with E-state index in [0.29, 0.717) is 0 Å². The van der Waals surface area contributed by atoms with Gasteiger partial charge >= 0.3 is 6.09 Å². The first-order valence-corrected chi connectivity index (χ1v) is 9.07. The molecule has 2 rings (SSSR count). The van der Waals surface area contributed by atoms with E-state index in [2.05, 4.69) is 50.4 Å². The number of carbonyl (C=O) groups excluding carboxylic acids is 1. The highest BCUT2D eigenvalue weighted by Gasteiger charge is 2.25. The fraction of sp³-hybridized carbons (Fsp3) is 0.611. The minimum atomic E-state index is -0.437. The molecule has 0 bridgehead atoms. The Kier molecular flexibility index (Phi) is 6.48. The lowest BCUT2D eigenvalue weighted by atomic mass is 10.1. The van der Waals surface area contributed by atoms with E-state index in [-0.39, 0.29) is 12.1 Å². The molecule has 0 saturated carbocycles. The average Bonchev–Trinajstić information content (AvgIpc) is 2.86. The highest BCUT2D eigenvalue weighted by molar-refractivity contribution is 9.10. The van der Waals surface area contributed by atoms with Crippen LogP contribution >= 0.6 is 15.9 Å². The molecule has 1 saturated heterocycles. The number of likely N-dealkylation sites (tertiary alicyclic amines) is 1. The fourth-order valence-electron chi connectivity index (χ4n) is 2.79. The Morgan fingerprint density at radius 1 is 1.35 bits per heavy atom. The summed E-state index contributed by atoms with van der Waals surface area (Å²) in [5.41, 5.74) is 0.934. The molecule has 1 N–H and O–H groups in total. The van der Waals surface area contributed by atoms with Gasteiger partial charge in [-0.2, -0.15) is 0 Å². The zero-order valence-corrected chi connectivity index (χ0v) is 15.9. The van der Waals surface area contributed by atoms with Crippen LogP contribution in [0.15, 0.2) is 28.7 Å². The molecule has 0 spiro atoms. The van der Waals surface area contributed by atoms with E-state index >= 15 is 0 Å². The Balaban J connectivity index is 1.65. The van der Waals surface area contributed by atoms with Gasteiger partial charge in [0, 0.05) is 23.6 Å².